The third-order valence-electron chi connectivity index (χ3n) is 4.99. The summed E-state index contributed by atoms with van der Waals surface area (Å²) in [5.41, 5.74) is 3.83. The van der Waals surface area contributed by atoms with Gasteiger partial charge in [-0.3, -0.25) is 0 Å². The van der Waals surface area contributed by atoms with Crippen molar-refractivity contribution in [3.05, 3.63) is 61.9 Å². The number of anilines is 1. The maximum atomic E-state index is 12.6. The average molecular weight is 470 g/mol. The van der Waals surface area contributed by atoms with Gasteiger partial charge in [0, 0.05) is 27.0 Å². The third kappa shape index (κ3) is 4.67. The lowest BCUT2D eigenvalue weighted by Gasteiger charge is -2.12. The second-order valence-corrected chi connectivity index (χ2v) is 9.39. The van der Waals surface area contributed by atoms with E-state index in [4.69, 9.17) is 16.3 Å². The topological polar surface area (TPSA) is 75.0 Å². The first-order valence-corrected chi connectivity index (χ1v) is 12.1. The van der Waals surface area contributed by atoms with Crippen LogP contribution in [0.15, 0.2) is 35.8 Å². The molecule has 0 spiro atoms. The quantitative estimate of drug-likeness (QED) is 0.327. The smallest absolute Gasteiger partial charge is 0.341 e. The molecule has 0 atom stereocenters. The van der Waals surface area contributed by atoms with Gasteiger partial charge in [-0.05, 0) is 50.3 Å². The highest BCUT2D eigenvalue weighted by atomic mass is 35.5. The van der Waals surface area contributed by atoms with Crippen molar-refractivity contribution in [2.75, 3.05) is 11.9 Å². The van der Waals surface area contributed by atoms with Crippen LogP contribution in [0.3, 0.4) is 0 Å². The molecule has 0 bridgehead atoms. The number of carbonyl (C=O) groups excluding carboxylic acids is 1. The van der Waals surface area contributed by atoms with Crippen molar-refractivity contribution in [2.24, 2.45) is 0 Å². The van der Waals surface area contributed by atoms with Crippen molar-refractivity contribution in [3.8, 4) is 17.3 Å². The largest absolute Gasteiger partial charge is 0.462 e. The Kier molecular flexibility index (Phi) is 6.71. The molecule has 1 N–H and O–H groups in total. The van der Waals surface area contributed by atoms with Crippen LogP contribution in [0, 0.1) is 11.3 Å². The molecule has 158 valence electrons. The summed E-state index contributed by atoms with van der Waals surface area (Å²) in [6.07, 6.45) is 5.68. The fourth-order valence-electron chi connectivity index (χ4n) is 3.52. The van der Waals surface area contributed by atoms with Crippen LogP contribution >= 0.6 is 34.3 Å². The zero-order valence-corrected chi connectivity index (χ0v) is 19.3. The van der Waals surface area contributed by atoms with E-state index in [-0.39, 0.29) is 5.97 Å². The van der Waals surface area contributed by atoms with Crippen LogP contribution in [0.25, 0.3) is 16.8 Å². The Balaban J connectivity index is 1.62. The van der Waals surface area contributed by atoms with Crippen molar-refractivity contribution < 1.29 is 9.53 Å². The summed E-state index contributed by atoms with van der Waals surface area (Å²) in [5, 5.41) is 16.8. The summed E-state index contributed by atoms with van der Waals surface area (Å²) in [4.78, 5) is 18.4. The number of hydrogen-bond acceptors (Lipinski definition) is 7. The molecule has 4 rings (SSSR count). The zero-order chi connectivity index (χ0) is 21.8. The molecule has 0 saturated heterocycles. The molecule has 5 nitrogen and oxygen atoms in total. The van der Waals surface area contributed by atoms with E-state index in [0.29, 0.717) is 27.8 Å². The minimum Gasteiger partial charge on any atom is -0.462 e. The van der Waals surface area contributed by atoms with E-state index in [1.54, 1.807) is 24.5 Å². The Morgan fingerprint density at radius 1 is 1.32 bits per heavy atom. The molecule has 31 heavy (non-hydrogen) atoms. The maximum Gasteiger partial charge on any atom is 0.341 e. The van der Waals surface area contributed by atoms with Crippen LogP contribution in [-0.4, -0.2) is 17.6 Å². The van der Waals surface area contributed by atoms with Gasteiger partial charge in [-0.2, -0.15) is 5.26 Å². The van der Waals surface area contributed by atoms with Gasteiger partial charge in [-0.15, -0.1) is 22.7 Å². The zero-order valence-electron chi connectivity index (χ0n) is 16.9. The number of hydrogen-bond donors (Lipinski definition) is 1. The van der Waals surface area contributed by atoms with Crippen LogP contribution < -0.4 is 5.32 Å². The second-order valence-electron chi connectivity index (χ2n) is 6.99. The lowest BCUT2D eigenvalue weighted by Crippen LogP contribution is -2.10. The van der Waals surface area contributed by atoms with E-state index < -0.39 is 0 Å². The Morgan fingerprint density at radius 2 is 2.10 bits per heavy atom. The van der Waals surface area contributed by atoms with Gasteiger partial charge in [0.1, 0.15) is 21.7 Å². The van der Waals surface area contributed by atoms with Crippen LogP contribution in [-0.2, 0) is 17.6 Å². The highest BCUT2D eigenvalue weighted by Gasteiger charge is 2.26. The molecule has 0 aliphatic heterocycles. The molecule has 0 radical (unpaired) electrons. The van der Waals surface area contributed by atoms with Gasteiger partial charge >= 0.3 is 5.97 Å². The van der Waals surface area contributed by atoms with Gasteiger partial charge in [0.25, 0.3) is 0 Å². The number of halogens is 1. The number of nitrogens with zero attached hydrogens (tertiary/aromatic N) is 2. The number of esters is 1. The molecule has 1 aromatic carbocycles. The first-order valence-electron chi connectivity index (χ1n) is 10.0. The van der Waals surface area contributed by atoms with Gasteiger partial charge in [-0.1, -0.05) is 23.7 Å². The van der Waals surface area contributed by atoms with Gasteiger partial charge in [0.15, 0.2) is 0 Å². The number of ether oxygens (including phenoxy) is 1. The van der Waals surface area contributed by atoms with E-state index in [1.807, 2.05) is 29.6 Å². The average Bonchev–Trinajstić information content (AvgIpc) is 3.40. The van der Waals surface area contributed by atoms with Crippen molar-refractivity contribution >= 4 is 50.8 Å². The number of nitriles is 1. The number of fused-ring (bicyclic) bond motifs is 1. The number of aryl methyl sites for hydroxylation is 1. The summed E-state index contributed by atoms with van der Waals surface area (Å²) in [6.45, 7) is 2.13. The number of benzene rings is 1. The molecule has 0 amide bonds. The molecular formula is C23H20ClN3O2S2. The number of carbonyl (C=O) groups is 1. The number of thiophene rings is 1. The molecular weight excluding hydrogens is 450 g/mol. The molecule has 1 aliphatic rings. The van der Waals surface area contributed by atoms with Crippen molar-refractivity contribution in [1.29, 1.82) is 5.26 Å². The second kappa shape index (κ2) is 9.65. The Morgan fingerprint density at radius 3 is 2.84 bits per heavy atom. The Bertz CT molecular complexity index is 1170. The standard InChI is InChI=1S/C23H20ClN3O2S2/c1-2-29-23(28)20-17-5-3-4-6-19(17)31-22(20)26-12-15(11-25)21-27-18(13-30-21)14-7-9-16(24)10-8-14/h7-10,12-13,26H,2-6H2,1H3/b15-12-. The Hall–Kier alpha value is -2.66. The van der Waals surface area contributed by atoms with Crippen LogP contribution in [0.2, 0.25) is 5.02 Å². The minimum absolute atomic E-state index is 0.310. The normalized spacial score (nSPS) is 13.4. The molecule has 0 fully saturated rings. The van der Waals surface area contributed by atoms with Gasteiger partial charge in [0.2, 0.25) is 0 Å². The highest BCUT2D eigenvalue weighted by molar-refractivity contribution is 7.16. The monoisotopic (exact) mass is 469 g/mol. The predicted octanol–water partition coefficient (Wildman–Crippen LogP) is 6.56. The number of allylic oxidation sites excluding steroid dienone is 1. The molecule has 0 unspecified atom stereocenters. The van der Waals surface area contributed by atoms with Crippen LogP contribution in [0.4, 0.5) is 5.00 Å². The fraction of sp³-hybridized carbons (Fsp3) is 0.261. The highest BCUT2D eigenvalue weighted by Crippen LogP contribution is 2.39. The number of aromatic nitrogens is 1. The Labute approximate surface area is 194 Å². The number of thiazole rings is 1. The fourth-order valence-corrected chi connectivity index (χ4v) is 5.68. The van der Waals surface area contributed by atoms with Crippen molar-refractivity contribution in [2.45, 2.75) is 32.6 Å². The van der Waals surface area contributed by atoms with Crippen molar-refractivity contribution in [1.82, 2.24) is 4.98 Å². The van der Waals surface area contributed by atoms with Gasteiger partial charge in [0.05, 0.1) is 17.9 Å². The number of rotatable bonds is 6. The first kappa shape index (κ1) is 21.6. The van der Waals surface area contributed by atoms with E-state index in [1.165, 1.54) is 16.2 Å². The summed E-state index contributed by atoms with van der Waals surface area (Å²) in [5.74, 6) is -0.310. The lowest BCUT2D eigenvalue weighted by molar-refractivity contribution is 0.0526. The molecule has 8 heteroatoms. The summed E-state index contributed by atoms with van der Waals surface area (Å²) >= 11 is 8.93. The van der Waals surface area contributed by atoms with E-state index >= 15 is 0 Å². The predicted molar refractivity (Wildman–Crippen MR) is 127 cm³/mol. The van der Waals surface area contributed by atoms with E-state index in [0.717, 1.165) is 47.5 Å². The summed E-state index contributed by atoms with van der Waals surface area (Å²) < 4.78 is 5.29. The number of nitrogens with one attached hydrogen (secondary N) is 1. The van der Waals surface area contributed by atoms with E-state index in [9.17, 15) is 10.1 Å². The van der Waals surface area contributed by atoms with E-state index in [2.05, 4.69) is 16.4 Å². The third-order valence-corrected chi connectivity index (χ3v) is 7.34. The molecule has 0 saturated carbocycles. The minimum atomic E-state index is -0.310. The lowest BCUT2D eigenvalue weighted by atomic mass is 9.95. The van der Waals surface area contributed by atoms with Crippen LogP contribution in [0.1, 0.15) is 45.6 Å². The SMILES string of the molecule is CCOC(=O)c1c(N/C=C(/C#N)c2nc(-c3ccc(Cl)cc3)cs2)sc2c1CCCC2. The summed E-state index contributed by atoms with van der Waals surface area (Å²) in [6, 6.07) is 9.64. The first-order chi connectivity index (χ1) is 15.1. The molecule has 3 aromatic rings. The van der Waals surface area contributed by atoms with Gasteiger partial charge < -0.3 is 10.1 Å². The molecule has 2 aromatic heterocycles. The molecule has 2 heterocycles. The van der Waals surface area contributed by atoms with Crippen LogP contribution in [0.5, 0.6) is 0 Å². The summed E-state index contributed by atoms with van der Waals surface area (Å²) in [7, 11) is 0. The molecule has 1 aliphatic carbocycles. The van der Waals surface area contributed by atoms with Gasteiger partial charge in [-0.25, -0.2) is 9.78 Å². The van der Waals surface area contributed by atoms with Crippen molar-refractivity contribution in [3.63, 3.8) is 0 Å². The maximum absolute atomic E-state index is 12.6.